The zero-order valence-electron chi connectivity index (χ0n) is 16.8. The van der Waals surface area contributed by atoms with Gasteiger partial charge in [0.05, 0.1) is 6.26 Å². The lowest BCUT2D eigenvalue weighted by Gasteiger charge is -2.35. The number of hydrogen-bond acceptors (Lipinski definition) is 3. The Kier molecular flexibility index (Phi) is 6.38. The summed E-state index contributed by atoms with van der Waals surface area (Å²) < 4.78 is 5.46. The molecule has 0 spiro atoms. The summed E-state index contributed by atoms with van der Waals surface area (Å²) in [6.45, 7) is 5.62. The molecule has 5 heteroatoms. The van der Waals surface area contributed by atoms with Gasteiger partial charge < -0.3 is 20.0 Å². The summed E-state index contributed by atoms with van der Waals surface area (Å²) in [7, 11) is 0. The van der Waals surface area contributed by atoms with Gasteiger partial charge in [-0.1, -0.05) is 19.8 Å². The van der Waals surface area contributed by atoms with E-state index in [1.807, 2.05) is 12.1 Å². The Labute approximate surface area is 164 Å². The Balaban J connectivity index is 1.32. The van der Waals surface area contributed by atoms with Gasteiger partial charge in [0.15, 0.2) is 5.96 Å². The molecule has 150 valence electrons. The zero-order chi connectivity index (χ0) is 18.5. The van der Waals surface area contributed by atoms with E-state index in [0.717, 1.165) is 36.6 Å². The maximum absolute atomic E-state index is 5.46. The van der Waals surface area contributed by atoms with Gasteiger partial charge in [-0.15, -0.1) is 0 Å². The van der Waals surface area contributed by atoms with Crippen molar-refractivity contribution < 1.29 is 4.42 Å². The Hall–Kier alpha value is -1.49. The third-order valence-corrected chi connectivity index (χ3v) is 6.58. The summed E-state index contributed by atoms with van der Waals surface area (Å²) in [6, 6.07) is 5.99. The first-order chi connectivity index (χ1) is 13.3. The van der Waals surface area contributed by atoms with E-state index in [1.165, 1.54) is 64.5 Å². The SMILES string of the molecule is CC1CCCCC1NC(=NCCc1ccco1)NC1CCN(C2CC2)CC1. The minimum atomic E-state index is 0.550. The predicted octanol–water partition coefficient (Wildman–Crippen LogP) is 3.56. The molecule has 1 aromatic rings. The fraction of sp³-hybridized carbons (Fsp3) is 0.773. The first kappa shape index (κ1) is 18.9. The molecule has 0 aromatic carbocycles. The van der Waals surface area contributed by atoms with E-state index in [4.69, 9.17) is 9.41 Å². The first-order valence-electron chi connectivity index (χ1n) is 11.1. The van der Waals surface area contributed by atoms with E-state index in [1.54, 1.807) is 6.26 Å². The van der Waals surface area contributed by atoms with E-state index in [9.17, 15) is 0 Å². The highest BCUT2D eigenvalue weighted by Gasteiger charge is 2.32. The molecule has 3 aliphatic rings. The van der Waals surface area contributed by atoms with Crippen molar-refractivity contribution >= 4 is 5.96 Å². The van der Waals surface area contributed by atoms with Crippen LogP contribution in [0.5, 0.6) is 0 Å². The van der Waals surface area contributed by atoms with Gasteiger partial charge in [0.25, 0.3) is 0 Å². The molecule has 27 heavy (non-hydrogen) atoms. The molecule has 2 heterocycles. The van der Waals surface area contributed by atoms with Crippen LogP contribution in [0, 0.1) is 5.92 Å². The van der Waals surface area contributed by atoms with Gasteiger partial charge in [-0.3, -0.25) is 4.99 Å². The van der Waals surface area contributed by atoms with Crippen LogP contribution >= 0.6 is 0 Å². The van der Waals surface area contributed by atoms with Crippen molar-refractivity contribution in [1.29, 1.82) is 0 Å². The highest BCUT2D eigenvalue weighted by atomic mass is 16.3. The van der Waals surface area contributed by atoms with E-state index in [2.05, 4.69) is 22.5 Å². The van der Waals surface area contributed by atoms with Gasteiger partial charge in [-0.2, -0.15) is 0 Å². The van der Waals surface area contributed by atoms with Crippen molar-refractivity contribution in [2.24, 2.45) is 10.9 Å². The van der Waals surface area contributed by atoms with Crippen LogP contribution in [-0.4, -0.2) is 48.6 Å². The summed E-state index contributed by atoms with van der Waals surface area (Å²) >= 11 is 0. The third-order valence-electron chi connectivity index (χ3n) is 6.58. The summed E-state index contributed by atoms with van der Waals surface area (Å²) in [4.78, 5) is 7.59. The van der Waals surface area contributed by atoms with Gasteiger partial charge in [-0.25, -0.2) is 0 Å². The number of hydrogen-bond donors (Lipinski definition) is 2. The number of piperidine rings is 1. The molecule has 0 radical (unpaired) electrons. The molecule has 5 nitrogen and oxygen atoms in total. The Morgan fingerprint density at radius 3 is 2.63 bits per heavy atom. The van der Waals surface area contributed by atoms with Crippen LogP contribution in [0.25, 0.3) is 0 Å². The Morgan fingerprint density at radius 2 is 1.93 bits per heavy atom. The second-order valence-electron chi connectivity index (χ2n) is 8.76. The number of guanidine groups is 1. The van der Waals surface area contributed by atoms with Crippen molar-refractivity contribution in [2.75, 3.05) is 19.6 Å². The van der Waals surface area contributed by atoms with Crippen molar-refractivity contribution in [3.63, 3.8) is 0 Å². The Bertz CT molecular complexity index is 587. The summed E-state index contributed by atoms with van der Waals surface area (Å²) in [5.41, 5.74) is 0. The molecule has 0 bridgehead atoms. The molecule has 2 saturated carbocycles. The number of nitrogens with zero attached hydrogens (tertiary/aromatic N) is 2. The number of rotatable bonds is 6. The smallest absolute Gasteiger partial charge is 0.191 e. The number of aliphatic imine (C=N–C) groups is 1. The maximum Gasteiger partial charge on any atom is 0.191 e. The van der Waals surface area contributed by atoms with E-state index in [0.29, 0.717) is 12.1 Å². The number of likely N-dealkylation sites (tertiary alicyclic amines) is 1. The van der Waals surface area contributed by atoms with E-state index in [-0.39, 0.29) is 0 Å². The second-order valence-corrected chi connectivity index (χ2v) is 8.76. The highest BCUT2D eigenvalue weighted by Crippen LogP contribution is 2.29. The van der Waals surface area contributed by atoms with Gasteiger partial charge in [0.2, 0.25) is 0 Å². The van der Waals surface area contributed by atoms with Gasteiger partial charge in [0.1, 0.15) is 5.76 Å². The molecule has 0 amide bonds. The predicted molar refractivity (Wildman–Crippen MR) is 110 cm³/mol. The summed E-state index contributed by atoms with van der Waals surface area (Å²) in [5, 5.41) is 7.54. The van der Waals surface area contributed by atoms with Gasteiger partial charge >= 0.3 is 0 Å². The molecule has 1 saturated heterocycles. The lowest BCUT2D eigenvalue weighted by molar-refractivity contribution is 0.196. The Morgan fingerprint density at radius 1 is 1.11 bits per heavy atom. The second kappa shape index (κ2) is 9.13. The highest BCUT2D eigenvalue weighted by molar-refractivity contribution is 5.80. The van der Waals surface area contributed by atoms with E-state index >= 15 is 0 Å². The van der Waals surface area contributed by atoms with Crippen LogP contribution in [0.3, 0.4) is 0 Å². The molecule has 2 atom stereocenters. The minimum absolute atomic E-state index is 0.550. The van der Waals surface area contributed by atoms with Gasteiger partial charge in [-0.05, 0) is 56.6 Å². The largest absolute Gasteiger partial charge is 0.469 e. The average Bonchev–Trinajstić information content (AvgIpc) is 3.40. The number of furan rings is 1. The third kappa shape index (κ3) is 5.50. The monoisotopic (exact) mass is 372 g/mol. The molecule has 1 aromatic heterocycles. The van der Waals surface area contributed by atoms with Crippen molar-refractivity contribution in [1.82, 2.24) is 15.5 Å². The zero-order valence-corrected chi connectivity index (χ0v) is 16.8. The van der Waals surface area contributed by atoms with Crippen LogP contribution in [0.15, 0.2) is 27.8 Å². The molecular formula is C22H36N4O. The summed E-state index contributed by atoms with van der Waals surface area (Å²) in [5.74, 6) is 2.76. The molecule has 3 fully saturated rings. The normalized spacial score (nSPS) is 28.3. The lowest BCUT2D eigenvalue weighted by Crippen LogP contribution is -2.52. The van der Waals surface area contributed by atoms with Crippen LogP contribution in [0.1, 0.15) is 64.1 Å². The van der Waals surface area contributed by atoms with Crippen molar-refractivity contribution in [3.05, 3.63) is 24.2 Å². The molecular weight excluding hydrogens is 336 g/mol. The first-order valence-corrected chi connectivity index (χ1v) is 11.1. The number of nitrogens with one attached hydrogen (secondary N) is 2. The van der Waals surface area contributed by atoms with Crippen LogP contribution in [-0.2, 0) is 6.42 Å². The van der Waals surface area contributed by atoms with Gasteiger partial charge in [0, 0.05) is 44.2 Å². The van der Waals surface area contributed by atoms with Crippen LogP contribution in [0.2, 0.25) is 0 Å². The van der Waals surface area contributed by atoms with E-state index < -0.39 is 0 Å². The molecule has 2 aliphatic carbocycles. The van der Waals surface area contributed by atoms with Crippen LogP contribution < -0.4 is 10.6 Å². The molecule has 1 aliphatic heterocycles. The lowest BCUT2D eigenvalue weighted by atomic mass is 9.86. The standard InChI is InChI=1S/C22H36N4O/c1-17-5-2-3-7-21(17)25-22(23-13-10-20-6-4-16-27-20)24-18-11-14-26(15-12-18)19-8-9-19/h4,6,16-19,21H,2-3,5,7-15H2,1H3,(H2,23,24,25). The molecule has 2 N–H and O–H groups in total. The average molecular weight is 373 g/mol. The topological polar surface area (TPSA) is 52.8 Å². The van der Waals surface area contributed by atoms with Crippen molar-refractivity contribution in [2.45, 2.75) is 82.8 Å². The fourth-order valence-corrected chi connectivity index (χ4v) is 4.61. The van der Waals surface area contributed by atoms with Crippen LogP contribution in [0.4, 0.5) is 0 Å². The van der Waals surface area contributed by atoms with Crippen molar-refractivity contribution in [3.8, 4) is 0 Å². The summed E-state index contributed by atoms with van der Waals surface area (Å²) in [6.07, 6.45) is 13.2. The molecule has 4 rings (SSSR count). The maximum atomic E-state index is 5.46. The fourth-order valence-electron chi connectivity index (χ4n) is 4.61. The minimum Gasteiger partial charge on any atom is -0.469 e. The molecule has 2 unspecified atom stereocenters. The quantitative estimate of drug-likeness (QED) is 0.592.